The number of rotatable bonds is 7. The average molecular weight is 242 g/mol. The van der Waals surface area contributed by atoms with Crippen LogP contribution in [0.25, 0.3) is 0 Å². The first-order valence-corrected chi connectivity index (χ1v) is 5.51. The van der Waals surface area contributed by atoms with E-state index in [1.165, 1.54) is 12.1 Å². The molecule has 0 spiro atoms. The fourth-order valence-electron chi connectivity index (χ4n) is 1.31. The van der Waals surface area contributed by atoms with Gasteiger partial charge in [-0.25, -0.2) is 4.39 Å². The Morgan fingerprint density at radius 1 is 1.24 bits per heavy atom. The normalized spacial score (nSPS) is 10.4. The van der Waals surface area contributed by atoms with Crippen LogP contribution in [0.3, 0.4) is 0 Å². The van der Waals surface area contributed by atoms with Gasteiger partial charge in [0, 0.05) is 12.1 Å². The Morgan fingerprint density at radius 2 is 2.00 bits per heavy atom. The number of hydrogen-bond acceptors (Lipinski definition) is 4. The van der Waals surface area contributed by atoms with Crippen molar-refractivity contribution in [2.24, 2.45) is 0 Å². The largest absolute Gasteiger partial charge is 0.492 e. The molecule has 17 heavy (non-hydrogen) atoms. The lowest BCUT2D eigenvalue weighted by Gasteiger charge is -2.11. The molecule has 0 aliphatic carbocycles. The lowest BCUT2D eigenvalue weighted by atomic mass is 9.79. The zero-order valence-corrected chi connectivity index (χ0v) is 9.73. The third kappa shape index (κ3) is 4.72. The van der Waals surface area contributed by atoms with Crippen molar-refractivity contribution in [3.63, 3.8) is 0 Å². The molecular weight excluding hydrogens is 226 g/mol. The molecule has 1 aromatic rings. The smallest absolute Gasteiger partial charge is 0.492 e. The van der Waals surface area contributed by atoms with Gasteiger partial charge >= 0.3 is 7.12 Å². The molecule has 0 bridgehead atoms. The molecule has 0 heterocycles. The molecule has 0 aliphatic heterocycles. The highest BCUT2D eigenvalue weighted by atomic mass is 19.1. The van der Waals surface area contributed by atoms with Gasteiger partial charge in [-0.05, 0) is 24.6 Å². The molecule has 0 radical (unpaired) electrons. The van der Waals surface area contributed by atoms with Gasteiger partial charge in [-0.1, -0.05) is 6.92 Å². The Morgan fingerprint density at radius 3 is 2.65 bits per heavy atom. The molecule has 0 aromatic heterocycles. The van der Waals surface area contributed by atoms with Crippen LogP contribution in [-0.2, 0) is 4.74 Å². The molecule has 0 aliphatic rings. The summed E-state index contributed by atoms with van der Waals surface area (Å²) in [6.07, 6.45) is 0.928. The Balaban J connectivity index is 2.52. The Labute approximate surface area is 100 Å². The molecule has 2 N–H and O–H groups in total. The van der Waals surface area contributed by atoms with Crippen LogP contribution in [0, 0.1) is 5.82 Å². The third-order valence-electron chi connectivity index (χ3n) is 2.08. The van der Waals surface area contributed by atoms with Crippen LogP contribution in [0.4, 0.5) is 4.39 Å². The standard InChI is InChI=1S/C11H16BFO4/c1-2-5-16-6-7-17-11-4-3-9(13)8-10(11)12(14)15/h3-4,8,14-15H,2,5-7H2,1H3. The second kappa shape index (κ2) is 7.27. The number of halogens is 1. The third-order valence-corrected chi connectivity index (χ3v) is 2.08. The van der Waals surface area contributed by atoms with Gasteiger partial charge in [0.2, 0.25) is 0 Å². The summed E-state index contributed by atoms with van der Waals surface area (Å²) in [5.41, 5.74) is 0.0143. The Bertz CT molecular complexity index is 346. The lowest BCUT2D eigenvalue weighted by Crippen LogP contribution is -2.32. The van der Waals surface area contributed by atoms with Crippen LogP contribution in [0.5, 0.6) is 5.75 Å². The molecule has 0 atom stereocenters. The quantitative estimate of drug-likeness (QED) is 0.533. The summed E-state index contributed by atoms with van der Waals surface area (Å²) in [6.45, 7) is 3.35. The minimum Gasteiger partial charge on any atom is -0.492 e. The van der Waals surface area contributed by atoms with E-state index in [0.29, 0.717) is 13.2 Å². The van der Waals surface area contributed by atoms with Crippen LogP contribution in [0.15, 0.2) is 18.2 Å². The van der Waals surface area contributed by atoms with Crippen molar-refractivity contribution in [3.8, 4) is 5.75 Å². The van der Waals surface area contributed by atoms with Crippen molar-refractivity contribution in [1.82, 2.24) is 0 Å². The van der Waals surface area contributed by atoms with Crippen molar-refractivity contribution in [1.29, 1.82) is 0 Å². The second-order valence-electron chi connectivity index (χ2n) is 3.52. The molecule has 0 unspecified atom stereocenters. The highest BCUT2D eigenvalue weighted by Gasteiger charge is 2.17. The van der Waals surface area contributed by atoms with E-state index < -0.39 is 12.9 Å². The molecule has 4 nitrogen and oxygen atoms in total. The van der Waals surface area contributed by atoms with Gasteiger partial charge in [0.05, 0.1) is 6.61 Å². The molecule has 0 saturated heterocycles. The van der Waals surface area contributed by atoms with Gasteiger partial charge in [-0.15, -0.1) is 0 Å². The van der Waals surface area contributed by atoms with Gasteiger partial charge in [0.15, 0.2) is 0 Å². The zero-order valence-electron chi connectivity index (χ0n) is 9.73. The maximum absolute atomic E-state index is 12.9. The van der Waals surface area contributed by atoms with E-state index in [9.17, 15) is 4.39 Å². The molecular formula is C11H16BFO4. The molecule has 6 heteroatoms. The van der Waals surface area contributed by atoms with Crippen molar-refractivity contribution in [2.45, 2.75) is 13.3 Å². The van der Waals surface area contributed by atoms with E-state index in [-0.39, 0.29) is 17.8 Å². The molecule has 0 amide bonds. The van der Waals surface area contributed by atoms with Crippen molar-refractivity contribution in [2.75, 3.05) is 19.8 Å². The van der Waals surface area contributed by atoms with Gasteiger partial charge in [-0.2, -0.15) is 0 Å². The molecule has 1 rings (SSSR count). The number of hydrogen-bond donors (Lipinski definition) is 2. The first kappa shape index (κ1) is 14.0. The van der Waals surface area contributed by atoms with Crippen LogP contribution < -0.4 is 10.2 Å². The van der Waals surface area contributed by atoms with E-state index in [0.717, 1.165) is 12.5 Å². The first-order chi connectivity index (χ1) is 8.15. The summed E-state index contributed by atoms with van der Waals surface area (Å²) in [5.74, 6) is -0.288. The summed E-state index contributed by atoms with van der Waals surface area (Å²) in [7, 11) is -1.75. The molecule has 94 valence electrons. The zero-order chi connectivity index (χ0) is 12.7. The summed E-state index contributed by atoms with van der Waals surface area (Å²) in [5, 5.41) is 18.1. The summed E-state index contributed by atoms with van der Waals surface area (Å²) >= 11 is 0. The SMILES string of the molecule is CCCOCCOc1ccc(F)cc1B(O)O. The van der Waals surface area contributed by atoms with Gasteiger partial charge in [0.25, 0.3) is 0 Å². The Kier molecular flexibility index (Phi) is 5.97. The fraction of sp³-hybridized carbons (Fsp3) is 0.455. The van der Waals surface area contributed by atoms with Crippen LogP contribution in [-0.4, -0.2) is 37.0 Å². The topological polar surface area (TPSA) is 58.9 Å². The van der Waals surface area contributed by atoms with Crippen LogP contribution in [0.2, 0.25) is 0 Å². The van der Waals surface area contributed by atoms with Crippen LogP contribution >= 0.6 is 0 Å². The van der Waals surface area contributed by atoms with E-state index in [4.69, 9.17) is 19.5 Å². The maximum atomic E-state index is 12.9. The van der Waals surface area contributed by atoms with Crippen molar-refractivity contribution < 1.29 is 23.9 Å². The van der Waals surface area contributed by atoms with Crippen LogP contribution in [0.1, 0.15) is 13.3 Å². The van der Waals surface area contributed by atoms with E-state index in [1.54, 1.807) is 0 Å². The predicted molar refractivity (Wildman–Crippen MR) is 62.8 cm³/mol. The van der Waals surface area contributed by atoms with Gasteiger partial charge in [0.1, 0.15) is 18.2 Å². The monoisotopic (exact) mass is 242 g/mol. The van der Waals surface area contributed by atoms with E-state index >= 15 is 0 Å². The summed E-state index contributed by atoms with van der Waals surface area (Å²) in [4.78, 5) is 0. The minimum absolute atomic E-state index is 0.0143. The van der Waals surface area contributed by atoms with E-state index in [1.807, 2.05) is 6.92 Å². The summed E-state index contributed by atoms with van der Waals surface area (Å²) < 4.78 is 23.4. The fourth-order valence-corrected chi connectivity index (χ4v) is 1.31. The van der Waals surface area contributed by atoms with Crippen molar-refractivity contribution >= 4 is 12.6 Å². The van der Waals surface area contributed by atoms with E-state index in [2.05, 4.69) is 0 Å². The molecule has 1 aromatic carbocycles. The summed E-state index contributed by atoms with van der Waals surface area (Å²) in [6, 6.07) is 3.60. The number of ether oxygens (including phenoxy) is 2. The van der Waals surface area contributed by atoms with Gasteiger partial charge in [-0.3, -0.25) is 0 Å². The molecule has 0 saturated carbocycles. The highest BCUT2D eigenvalue weighted by Crippen LogP contribution is 2.09. The maximum Gasteiger partial charge on any atom is 0.492 e. The lowest BCUT2D eigenvalue weighted by molar-refractivity contribution is 0.101. The Hall–Kier alpha value is -1.11. The average Bonchev–Trinajstić information content (AvgIpc) is 2.30. The second-order valence-corrected chi connectivity index (χ2v) is 3.52. The molecule has 0 fully saturated rings. The van der Waals surface area contributed by atoms with Crippen molar-refractivity contribution in [3.05, 3.63) is 24.0 Å². The predicted octanol–water partition coefficient (Wildman–Crippen LogP) is 0.311. The highest BCUT2D eigenvalue weighted by molar-refractivity contribution is 6.59. The van der Waals surface area contributed by atoms with Gasteiger partial charge < -0.3 is 19.5 Å². The minimum atomic E-state index is -1.75. The number of benzene rings is 1. The first-order valence-electron chi connectivity index (χ1n) is 5.51.